The number of aromatic nitrogens is 2. The van der Waals surface area contributed by atoms with E-state index in [1.54, 1.807) is 23.2 Å². The Morgan fingerprint density at radius 1 is 0.969 bits per heavy atom. The molecule has 0 saturated carbocycles. The number of nitrogens with zero attached hydrogens (tertiary/aromatic N) is 3. The zero-order chi connectivity index (χ0) is 22.1. The van der Waals surface area contributed by atoms with Crippen molar-refractivity contribution < 1.29 is 9.59 Å². The topological polar surface area (TPSA) is 101 Å². The average Bonchev–Trinajstić information content (AvgIpc) is 2.83. The normalized spacial score (nSPS) is 12.9. The van der Waals surface area contributed by atoms with E-state index in [4.69, 9.17) is 5.73 Å². The minimum absolute atomic E-state index is 0.262. The van der Waals surface area contributed by atoms with Gasteiger partial charge in [-0.1, -0.05) is 30.3 Å². The zero-order valence-corrected chi connectivity index (χ0v) is 17.3. The van der Waals surface area contributed by atoms with Gasteiger partial charge in [-0.2, -0.15) is 0 Å². The molecular weight excluding hydrogens is 402 g/mol. The van der Waals surface area contributed by atoms with Crippen molar-refractivity contribution in [2.75, 3.05) is 16.8 Å². The number of nitrogens with one attached hydrogen (secondary N) is 1. The predicted molar refractivity (Wildman–Crippen MR) is 125 cm³/mol. The Morgan fingerprint density at radius 3 is 2.62 bits per heavy atom. The maximum Gasteiger partial charge on any atom is 0.319 e. The Balaban J connectivity index is 1.53. The molecule has 1 aliphatic rings. The first kappa shape index (κ1) is 19.7. The van der Waals surface area contributed by atoms with Crippen LogP contribution in [0.25, 0.3) is 22.3 Å². The van der Waals surface area contributed by atoms with E-state index >= 15 is 0 Å². The summed E-state index contributed by atoms with van der Waals surface area (Å²) in [6.45, 7) is 0.572. The van der Waals surface area contributed by atoms with E-state index in [0.717, 1.165) is 29.5 Å². The summed E-state index contributed by atoms with van der Waals surface area (Å²) in [5, 5.41) is 3.72. The summed E-state index contributed by atoms with van der Waals surface area (Å²) in [7, 11) is 0. The standard InChI is InChI=1S/C25H21N5O2/c26-25(32)30-13-5-6-16-10-11-17(14-23(16)30)28-24(31)19-15-22(21-9-3-4-12-27-21)29-20-8-2-1-7-18(19)20/h1-4,7-12,14-15H,5-6,13H2,(H2,26,32)(H,28,31). The van der Waals surface area contributed by atoms with Gasteiger partial charge in [-0.3, -0.25) is 14.7 Å². The van der Waals surface area contributed by atoms with Crippen molar-refractivity contribution in [1.29, 1.82) is 0 Å². The Bertz CT molecular complexity index is 1340. The summed E-state index contributed by atoms with van der Waals surface area (Å²) in [4.78, 5) is 35.8. The van der Waals surface area contributed by atoms with Crippen molar-refractivity contribution in [3.05, 3.63) is 84.1 Å². The fourth-order valence-electron chi connectivity index (χ4n) is 4.09. The van der Waals surface area contributed by atoms with Crippen LogP contribution in [0.5, 0.6) is 0 Å². The molecule has 3 N–H and O–H groups in total. The highest BCUT2D eigenvalue weighted by Gasteiger charge is 2.22. The Labute approximate surface area is 184 Å². The molecule has 0 radical (unpaired) electrons. The fourth-order valence-corrected chi connectivity index (χ4v) is 4.09. The van der Waals surface area contributed by atoms with Crippen molar-refractivity contribution in [3.63, 3.8) is 0 Å². The molecule has 0 saturated heterocycles. The number of hydrogen-bond acceptors (Lipinski definition) is 4. The minimum Gasteiger partial charge on any atom is -0.351 e. The quantitative estimate of drug-likeness (QED) is 0.510. The van der Waals surface area contributed by atoms with Crippen LogP contribution in [0.2, 0.25) is 0 Å². The van der Waals surface area contributed by atoms with Gasteiger partial charge in [-0.05, 0) is 54.8 Å². The number of urea groups is 1. The van der Waals surface area contributed by atoms with Crippen LogP contribution in [-0.2, 0) is 6.42 Å². The SMILES string of the molecule is NC(=O)N1CCCc2ccc(NC(=O)c3cc(-c4ccccn4)nc4ccccc34)cc21. The van der Waals surface area contributed by atoms with Crippen LogP contribution in [0, 0.1) is 0 Å². The Hall–Kier alpha value is -4.26. The molecule has 0 spiro atoms. The molecule has 2 aromatic carbocycles. The summed E-state index contributed by atoms with van der Waals surface area (Å²) in [5.41, 5.74) is 10.5. The van der Waals surface area contributed by atoms with E-state index in [2.05, 4.69) is 15.3 Å². The molecule has 2 aromatic heterocycles. The first-order chi connectivity index (χ1) is 15.6. The number of rotatable bonds is 3. The van der Waals surface area contributed by atoms with Gasteiger partial charge in [0.05, 0.1) is 28.2 Å². The summed E-state index contributed by atoms with van der Waals surface area (Å²) >= 11 is 0. The molecule has 4 aromatic rings. The molecule has 0 bridgehead atoms. The van der Waals surface area contributed by atoms with E-state index in [9.17, 15) is 9.59 Å². The third-order valence-electron chi connectivity index (χ3n) is 5.62. The highest BCUT2D eigenvalue weighted by molar-refractivity contribution is 6.13. The van der Waals surface area contributed by atoms with Gasteiger partial charge in [0, 0.05) is 23.8 Å². The van der Waals surface area contributed by atoms with E-state index in [-0.39, 0.29) is 5.91 Å². The van der Waals surface area contributed by atoms with Gasteiger partial charge >= 0.3 is 6.03 Å². The number of carbonyl (C=O) groups is 2. The van der Waals surface area contributed by atoms with E-state index < -0.39 is 6.03 Å². The second-order valence-corrected chi connectivity index (χ2v) is 7.68. The second-order valence-electron chi connectivity index (χ2n) is 7.68. The van der Waals surface area contributed by atoms with Gasteiger partial charge in [-0.15, -0.1) is 0 Å². The first-order valence-corrected chi connectivity index (χ1v) is 10.4. The highest BCUT2D eigenvalue weighted by atomic mass is 16.2. The lowest BCUT2D eigenvalue weighted by Crippen LogP contribution is -2.39. The lowest BCUT2D eigenvalue weighted by atomic mass is 10.0. The van der Waals surface area contributed by atoms with Crippen molar-refractivity contribution in [3.8, 4) is 11.4 Å². The molecule has 7 nitrogen and oxygen atoms in total. The number of fused-ring (bicyclic) bond motifs is 2. The van der Waals surface area contributed by atoms with Crippen LogP contribution in [0.4, 0.5) is 16.2 Å². The summed E-state index contributed by atoms with van der Waals surface area (Å²) in [5.74, 6) is -0.262. The number of anilines is 2. The monoisotopic (exact) mass is 423 g/mol. The molecule has 32 heavy (non-hydrogen) atoms. The summed E-state index contributed by atoms with van der Waals surface area (Å²) < 4.78 is 0. The number of pyridine rings is 2. The lowest BCUT2D eigenvalue weighted by molar-refractivity contribution is 0.102. The van der Waals surface area contributed by atoms with Crippen molar-refractivity contribution in [1.82, 2.24) is 9.97 Å². The maximum atomic E-state index is 13.3. The van der Waals surface area contributed by atoms with Crippen LogP contribution in [-0.4, -0.2) is 28.5 Å². The van der Waals surface area contributed by atoms with Crippen LogP contribution >= 0.6 is 0 Å². The largest absolute Gasteiger partial charge is 0.351 e. The number of aryl methyl sites for hydroxylation is 1. The lowest BCUT2D eigenvalue weighted by Gasteiger charge is -2.28. The average molecular weight is 423 g/mol. The molecule has 7 heteroatoms. The molecule has 0 unspecified atom stereocenters. The van der Waals surface area contributed by atoms with Crippen LogP contribution in [0.1, 0.15) is 22.3 Å². The molecular formula is C25H21N5O2. The third kappa shape index (κ3) is 3.65. The van der Waals surface area contributed by atoms with Crippen LogP contribution in [0.3, 0.4) is 0 Å². The number of primary amides is 1. The van der Waals surface area contributed by atoms with Gasteiger partial charge in [0.1, 0.15) is 0 Å². The predicted octanol–water partition coefficient (Wildman–Crippen LogP) is 4.38. The second kappa shape index (κ2) is 8.11. The number of benzene rings is 2. The molecule has 0 aliphatic carbocycles. The fraction of sp³-hybridized carbons (Fsp3) is 0.120. The zero-order valence-electron chi connectivity index (χ0n) is 17.3. The maximum absolute atomic E-state index is 13.3. The summed E-state index contributed by atoms with van der Waals surface area (Å²) in [6, 6.07) is 20.0. The van der Waals surface area contributed by atoms with Gasteiger partial charge in [0.2, 0.25) is 0 Å². The third-order valence-corrected chi connectivity index (χ3v) is 5.62. The number of carbonyl (C=O) groups excluding carboxylic acids is 2. The summed E-state index contributed by atoms with van der Waals surface area (Å²) in [6.07, 6.45) is 3.43. The van der Waals surface area contributed by atoms with E-state index in [1.807, 2.05) is 54.6 Å². The molecule has 158 valence electrons. The van der Waals surface area contributed by atoms with E-state index in [0.29, 0.717) is 34.7 Å². The van der Waals surface area contributed by atoms with Gasteiger partial charge in [0.25, 0.3) is 5.91 Å². The number of nitrogens with two attached hydrogens (primary N) is 1. The molecule has 3 heterocycles. The van der Waals surface area contributed by atoms with Crippen LogP contribution in [0.15, 0.2) is 72.9 Å². The molecule has 3 amide bonds. The van der Waals surface area contributed by atoms with Crippen molar-refractivity contribution >= 4 is 34.2 Å². The molecule has 5 rings (SSSR count). The number of amides is 3. The molecule has 0 fully saturated rings. The number of para-hydroxylation sites is 1. The number of hydrogen-bond donors (Lipinski definition) is 2. The first-order valence-electron chi connectivity index (χ1n) is 10.4. The molecule has 0 atom stereocenters. The highest BCUT2D eigenvalue weighted by Crippen LogP contribution is 2.31. The van der Waals surface area contributed by atoms with Gasteiger partial charge in [-0.25, -0.2) is 9.78 Å². The Kier molecular flexibility index (Phi) is 4.99. The van der Waals surface area contributed by atoms with Crippen LogP contribution < -0.4 is 16.0 Å². The smallest absolute Gasteiger partial charge is 0.319 e. The molecule has 1 aliphatic heterocycles. The van der Waals surface area contributed by atoms with Crippen molar-refractivity contribution in [2.24, 2.45) is 5.73 Å². The van der Waals surface area contributed by atoms with Crippen molar-refractivity contribution in [2.45, 2.75) is 12.8 Å². The minimum atomic E-state index is -0.491. The van der Waals surface area contributed by atoms with E-state index in [1.165, 1.54) is 0 Å². The van der Waals surface area contributed by atoms with Gasteiger partial charge in [0.15, 0.2) is 0 Å². The van der Waals surface area contributed by atoms with Gasteiger partial charge < -0.3 is 11.1 Å². The Morgan fingerprint density at radius 2 is 1.81 bits per heavy atom.